The predicted octanol–water partition coefficient (Wildman–Crippen LogP) is -0.232. The summed E-state index contributed by atoms with van der Waals surface area (Å²) in [6.45, 7) is 0.771. The van der Waals surface area contributed by atoms with Gasteiger partial charge in [-0.3, -0.25) is 4.90 Å². The molecule has 2 aliphatic rings. The summed E-state index contributed by atoms with van der Waals surface area (Å²) in [4.78, 5) is 17.6. The molecule has 2 aromatic heterocycles. The van der Waals surface area contributed by atoms with Crippen molar-refractivity contribution >= 4 is 17.7 Å². The Hall–Kier alpha value is -3.61. The zero-order valence-corrected chi connectivity index (χ0v) is 15.3. The van der Waals surface area contributed by atoms with Crippen LogP contribution in [0.3, 0.4) is 0 Å². The number of rotatable bonds is 4. The summed E-state index contributed by atoms with van der Waals surface area (Å²) >= 11 is 0. The number of carbonyl (C=O) groups is 1. The number of aliphatic hydroxyl groups is 1. The van der Waals surface area contributed by atoms with Crippen LogP contribution in [0.5, 0.6) is 0 Å². The van der Waals surface area contributed by atoms with Gasteiger partial charge in [0, 0.05) is 6.07 Å². The van der Waals surface area contributed by atoms with Crippen LogP contribution in [-0.2, 0) is 24.9 Å². The highest BCUT2D eigenvalue weighted by molar-refractivity contribution is 5.89. The number of aromatic nitrogens is 7. The molecule has 0 bridgehead atoms. The van der Waals surface area contributed by atoms with E-state index in [2.05, 4.69) is 25.6 Å². The number of anilines is 2. The topological polar surface area (TPSA) is 127 Å². The van der Waals surface area contributed by atoms with E-state index in [0.717, 1.165) is 0 Å². The van der Waals surface area contributed by atoms with E-state index in [9.17, 15) is 9.18 Å². The third-order valence-corrected chi connectivity index (χ3v) is 4.76. The third kappa shape index (κ3) is 2.95. The van der Waals surface area contributed by atoms with Crippen molar-refractivity contribution in [1.82, 2.24) is 35.2 Å². The Bertz CT molecular complexity index is 1070. The standard InChI is InChI=1S/C16H16FN9O3/c1-23-21-15(18-22-23)24-6-12-13(7-24)20-26(19-12)14-3-2-9(4-11(14)17)25-5-10(8-27)29-16(25)28/h2-4,10,27H,5-8H2,1H3. The van der Waals surface area contributed by atoms with Crippen molar-refractivity contribution in [2.75, 3.05) is 23.0 Å². The van der Waals surface area contributed by atoms with Crippen molar-refractivity contribution in [1.29, 1.82) is 0 Å². The zero-order chi connectivity index (χ0) is 20.1. The van der Waals surface area contributed by atoms with Gasteiger partial charge in [0.1, 0.15) is 23.2 Å². The maximum atomic E-state index is 14.7. The molecule has 1 saturated heterocycles. The maximum Gasteiger partial charge on any atom is 0.414 e. The molecule has 0 saturated carbocycles. The number of cyclic esters (lactones) is 1. The van der Waals surface area contributed by atoms with Gasteiger partial charge in [-0.25, -0.2) is 9.18 Å². The van der Waals surface area contributed by atoms with Crippen LogP contribution in [0.1, 0.15) is 11.4 Å². The van der Waals surface area contributed by atoms with Crippen LogP contribution in [0.15, 0.2) is 18.2 Å². The monoisotopic (exact) mass is 401 g/mol. The lowest BCUT2D eigenvalue weighted by molar-refractivity contribution is 0.0963. The van der Waals surface area contributed by atoms with Gasteiger partial charge in [0.15, 0.2) is 5.82 Å². The fraction of sp³-hybridized carbons (Fsp3) is 0.375. The summed E-state index contributed by atoms with van der Waals surface area (Å²) in [7, 11) is 1.68. The van der Waals surface area contributed by atoms with E-state index in [1.165, 1.54) is 26.6 Å². The van der Waals surface area contributed by atoms with Crippen LogP contribution in [-0.4, -0.2) is 65.7 Å². The molecule has 0 aliphatic carbocycles. The number of hydrogen-bond donors (Lipinski definition) is 1. The molecule has 2 aliphatic heterocycles. The Morgan fingerprint density at radius 3 is 2.59 bits per heavy atom. The van der Waals surface area contributed by atoms with Gasteiger partial charge in [0.25, 0.3) is 5.95 Å². The minimum Gasteiger partial charge on any atom is -0.441 e. The Morgan fingerprint density at radius 1 is 1.24 bits per heavy atom. The van der Waals surface area contributed by atoms with Gasteiger partial charge in [-0.05, 0) is 17.3 Å². The third-order valence-electron chi connectivity index (χ3n) is 4.76. The molecule has 1 atom stereocenters. The minimum atomic E-state index is -0.620. The first-order valence-corrected chi connectivity index (χ1v) is 8.85. The number of aliphatic hydroxyl groups excluding tert-OH is 1. The second-order valence-corrected chi connectivity index (χ2v) is 6.75. The van der Waals surface area contributed by atoms with E-state index in [1.54, 1.807) is 13.1 Å². The molecule has 150 valence electrons. The van der Waals surface area contributed by atoms with Gasteiger partial charge in [0.2, 0.25) is 0 Å². The van der Waals surface area contributed by atoms with E-state index in [4.69, 9.17) is 9.84 Å². The first-order chi connectivity index (χ1) is 14.0. The van der Waals surface area contributed by atoms with Crippen molar-refractivity contribution in [2.24, 2.45) is 7.05 Å². The van der Waals surface area contributed by atoms with Gasteiger partial charge >= 0.3 is 6.09 Å². The van der Waals surface area contributed by atoms with Gasteiger partial charge < -0.3 is 14.7 Å². The lowest BCUT2D eigenvalue weighted by atomic mass is 10.2. The number of nitrogens with zero attached hydrogens (tertiary/aromatic N) is 9. The number of hydrogen-bond acceptors (Lipinski definition) is 9. The number of aryl methyl sites for hydroxylation is 1. The Balaban J connectivity index is 1.36. The highest BCUT2D eigenvalue weighted by Crippen LogP contribution is 2.27. The average molecular weight is 401 g/mol. The summed E-state index contributed by atoms with van der Waals surface area (Å²) in [5.41, 5.74) is 1.91. The molecule has 12 nitrogen and oxygen atoms in total. The number of carbonyl (C=O) groups excluding carboxylic acids is 1. The van der Waals surface area contributed by atoms with E-state index in [0.29, 0.717) is 36.1 Å². The predicted molar refractivity (Wildman–Crippen MR) is 94.7 cm³/mol. The fourth-order valence-corrected chi connectivity index (χ4v) is 3.33. The Labute approximate surface area is 163 Å². The second kappa shape index (κ2) is 6.48. The number of fused-ring (bicyclic) bond motifs is 1. The molecule has 3 aromatic rings. The molecule has 29 heavy (non-hydrogen) atoms. The summed E-state index contributed by atoms with van der Waals surface area (Å²) < 4.78 is 19.7. The van der Waals surface area contributed by atoms with Gasteiger partial charge in [0.05, 0.1) is 39.0 Å². The maximum absolute atomic E-state index is 14.7. The molecule has 5 rings (SSSR count). The largest absolute Gasteiger partial charge is 0.441 e. The van der Waals surface area contributed by atoms with E-state index < -0.39 is 18.0 Å². The molecule has 1 fully saturated rings. The molecule has 0 radical (unpaired) electrons. The number of amides is 1. The SMILES string of the molecule is Cn1nnc(N2Cc3nn(-c4ccc(N5CC(CO)OC5=O)cc4F)nc3C2)n1. The Kier molecular flexibility index (Phi) is 3.91. The summed E-state index contributed by atoms with van der Waals surface area (Å²) in [6, 6.07) is 4.31. The first kappa shape index (κ1) is 17.5. The lowest BCUT2D eigenvalue weighted by Crippen LogP contribution is -2.25. The van der Waals surface area contributed by atoms with E-state index in [-0.39, 0.29) is 18.8 Å². The molecule has 13 heteroatoms. The molecule has 1 amide bonds. The molecule has 1 unspecified atom stereocenters. The highest BCUT2D eigenvalue weighted by atomic mass is 19.1. The highest BCUT2D eigenvalue weighted by Gasteiger charge is 2.32. The zero-order valence-electron chi connectivity index (χ0n) is 15.3. The van der Waals surface area contributed by atoms with Crippen molar-refractivity contribution in [3.63, 3.8) is 0 Å². The summed E-state index contributed by atoms with van der Waals surface area (Å²) in [5, 5.41) is 29.8. The number of halogens is 1. The van der Waals surface area contributed by atoms with Gasteiger partial charge in [-0.15, -0.1) is 9.90 Å². The second-order valence-electron chi connectivity index (χ2n) is 6.75. The van der Waals surface area contributed by atoms with Gasteiger partial charge in [-0.2, -0.15) is 15.0 Å². The molecule has 4 heterocycles. The van der Waals surface area contributed by atoms with Crippen molar-refractivity contribution < 1.29 is 19.0 Å². The van der Waals surface area contributed by atoms with Crippen LogP contribution in [0.4, 0.5) is 20.8 Å². The quantitative estimate of drug-likeness (QED) is 0.630. The van der Waals surface area contributed by atoms with Crippen molar-refractivity contribution in [2.45, 2.75) is 19.2 Å². The summed E-state index contributed by atoms with van der Waals surface area (Å²) in [5.74, 6) is -0.100. The van der Waals surface area contributed by atoms with E-state index >= 15 is 0 Å². The first-order valence-electron chi connectivity index (χ1n) is 8.85. The van der Waals surface area contributed by atoms with Crippen LogP contribution in [0, 0.1) is 5.82 Å². The molecular weight excluding hydrogens is 385 g/mol. The van der Waals surface area contributed by atoms with Gasteiger partial charge in [-0.1, -0.05) is 5.10 Å². The smallest absolute Gasteiger partial charge is 0.414 e. The number of benzene rings is 1. The lowest BCUT2D eigenvalue weighted by Gasteiger charge is -2.14. The van der Waals surface area contributed by atoms with Crippen molar-refractivity contribution in [3.05, 3.63) is 35.4 Å². The Morgan fingerprint density at radius 2 is 2.00 bits per heavy atom. The molecule has 1 N–H and O–H groups in total. The summed E-state index contributed by atoms with van der Waals surface area (Å²) in [6.07, 6.45) is -1.24. The molecule has 0 spiro atoms. The normalized spacial score (nSPS) is 18.4. The van der Waals surface area contributed by atoms with Crippen LogP contribution in [0.2, 0.25) is 0 Å². The van der Waals surface area contributed by atoms with Crippen molar-refractivity contribution in [3.8, 4) is 5.69 Å². The minimum absolute atomic E-state index is 0.161. The van der Waals surface area contributed by atoms with Crippen LogP contribution >= 0.6 is 0 Å². The van der Waals surface area contributed by atoms with Crippen LogP contribution in [0.25, 0.3) is 5.69 Å². The van der Waals surface area contributed by atoms with E-state index in [1.807, 2.05) is 4.90 Å². The van der Waals surface area contributed by atoms with Crippen LogP contribution < -0.4 is 9.80 Å². The molecular formula is C16H16FN9O3. The molecule has 1 aromatic carbocycles. The number of tetrazole rings is 1. The fourth-order valence-electron chi connectivity index (χ4n) is 3.33. The number of ether oxygens (including phenoxy) is 1. The average Bonchev–Trinajstić information content (AvgIpc) is 3.44.